The Kier molecular flexibility index (Phi) is 14.5. The van der Waals surface area contributed by atoms with Crippen molar-refractivity contribution in [3.05, 3.63) is 144 Å². The zero-order valence-electron chi connectivity index (χ0n) is 28.3. The van der Waals surface area contributed by atoms with Gasteiger partial charge in [0.25, 0.3) is 0 Å². The van der Waals surface area contributed by atoms with Crippen molar-refractivity contribution in [3.8, 4) is 0 Å². The van der Waals surface area contributed by atoms with Gasteiger partial charge in [0.05, 0.1) is 45.2 Å². The van der Waals surface area contributed by atoms with Gasteiger partial charge in [-0.3, -0.25) is 4.90 Å². The summed E-state index contributed by atoms with van der Waals surface area (Å²) >= 11 is 0. The van der Waals surface area contributed by atoms with E-state index >= 15 is 0 Å². The molecule has 1 saturated heterocycles. The molecular formula is C42H53NO4. The maximum absolute atomic E-state index is 6.99. The molecule has 5 nitrogen and oxygen atoms in total. The molecule has 0 aromatic heterocycles. The maximum Gasteiger partial charge on any atom is 0.113 e. The third kappa shape index (κ3) is 10.9. The third-order valence-electron chi connectivity index (χ3n) is 9.24. The van der Waals surface area contributed by atoms with Crippen LogP contribution < -0.4 is 0 Å². The van der Waals surface area contributed by atoms with Gasteiger partial charge < -0.3 is 18.9 Å². The highest BCUT2D eigenvalue weighted by Crippen LogP contribution is 2.32. The first-order chi connectivity index (χ1) is 23.2. The number of hydrogen-bond acceptors (Lipinski definition) is 5. The van der Waals surface area contributed by atoms with Crippen LogP contribution in [0, 0.1) is 0 Å². The molecule has 0 saturated carbocycles. The van der Waals surface area contributed by atoms with E-state index in [0.717, 1.165) is 36.1 Å². The summed E-state index contributed by atoms with van der Waals surface area (Å²) in [5.41, 5.74) is 4.62. The number of hydrogen-bond donors (Lipinski definition) is 0. The van der Waals surface area contributed by atoms with Crippen LogP contribution in [0.5, 0.6) is 0 Å². The zero-order valence-corrected chi connectivity index (χ0v) is 28.3. The molecule has 0 radical (unpaired) electrons. The average Bonchev–Trinajstić information content (AvgIpc) is 3.13. The number of likely N-dealkylation sites (tertiary alicyclic amines) is 1. The van der Waals surface area contributed by atoms with Crippen molar-refractivity contribution in [1.82, 2.24) is 4.90 Å². The van der Waals surface area contributed by atoms with E-state index in [0.29, 0.717) is 39.1 Å². The Hall–Kier alpha value is -3.32. The molecule has 1 aliphatic rings. The van der Waals surface area contributed by atoms with Gasteiger partial charge in [-0.25, -0.2) is 0 Å². The van der Waals surface area contributed by atoms with Crippen LogP contribution in [0.25, 0.3) is 0 Å². The highest BCUT2D eigenvalue weighted by molar-refractivity contribution is 5.16. The molecule has 5 atom stereocenters. The molecule has 0 spiro atoms. The second kappa shape index (κ2) is 19.5. The topological polar surface area (TPSA) is 40.2 Å². The van der Waals surface area contributed by atoms with E-state index in [2.05, 4.69) is 116 Å². The number of nitrogens with zero attached hydrogens (tertiary/aromatic N) is 1. The van der Waals surface area contributed by atoms with Crippen molar-refractivity contribution in [2.45, 2.75) is 103 Å². The van der Waals surface area contributed by atoms with Gasteiger partial charge in [0.2, 0.25) is 0 Å². The van der Waals surface area contributed by atoms with Gasteiger partial charge in [-0.15, -0.1) is 0 Å². The largest absolute Gasteiger partial charge is 0.375 e. The minimum Gasteiger partial charge on any atom is -0.375 e. The molecule has 0 aliphatic carbocycles. The van der Waals surface area contributed by atoms with Crippen molar-refractivity contribution in [2.24, 2.45) is 0 Å². The van der Waals surface area contributed by atoms with E-state index in [-0.39, 0.29) is 24.4 Å². The minimum absolute atomic E-state index is 0.00588. The number of unbranched alkanes of at least 4 members (excludes halogenated alkanes) is 2. The summed E-state index contributed by atoms with van der Waals surface area (Å²) in [5.74, 6) is 0. The number of rotatable bonds is 19. The number of ether oxygens (including phenoxy) is 4. The quantitative estimate of drug-likeness (QED) is 0.0962. The molecule has 0 amide bonds. The van der Waals surface area contributed by atoms with Gasteiger partial charge in [-0.1, -0.05) is 154 Å². The monoisotopic (exact) mass is 635 g/mol. The lowest BCUT2D eigenvalue weighted by atomic mass is 9.89. The fourth-order valence-corrected chi connectivity index (χ4v) is 6.65. The smallest absolute Gasteiger partial charge is 0.113 e. The van der Waals surface area contributed by atoms with E-state index in [1.54, 1.807) is 0 Å². The van der Waals surface area contributed by atoms with Crippen LogP contribution in [-0.2, 0) is 45.4 Å². The van der Waals surface area contributed by atoms with Crippen molar-refractivity contribution in [3.63, 3.8) is 0 Å². The summed E-state index contributed by atoms with van der Waals surface area (Å²) in [6, 6.07) is 42.2. The highest BCUT2D eigenvalue weighted by atomic mass is 16.6. The average molecular weight is 636 g/mol. The summed E-state index contributed by atoms with van der Waals surface area (Å²) in [5, 5.41) is 0. The fourth-order valence-electron chi connectivity index (χ4n) is 6.65. The van der Waals surface area contributed by atoms with Gasteiger partial charge in [-0.05, 0) is 35.1 Å². The molecule has 47 heavy (non-hydrogen) atoms. The molecule has 1 unspecified atom stereocenters. The Morgan fingerprint density at radius 2 is 1.04 bits per heavy atom. The van der Waals surface area contributed by atoms with Crippen molar-refractivity contribution >= 4 is 0 Å². The molecule has 1 fully saturated rings. The van der Waals surface area contributed by atoms with Gasteiger partial charge in [-0.2, -0.15) is 0 Å². The van der Waals surface area contributed by atoms with E-state index < -0.39 is 0 Å². The molecule has 0 bridgehead atoms. The first-order valence-electron chi connectivity index (χ1n) is 17.6. The standard InChI is InChI=1S/C42H53NO4/c1-3-5-10-27-38(4-2)43-28-40(45-30-35-21-13-7-14-22-35)42(47-32-37-25-17-9-18-26-37)41(46-31-36-23-15-8-16-24-36)39(43)33-44-29-34-19-11-6-12-20-34/h6-9,11-26,38-42H,3-5,10,27-33H2,1-2H3/t38?,39-,40-,41+,42+/m0/s1. The first kappa shape index (κ1) is 35.0. The van der Waals surface area contributed by atoms with Crippen LogP contribution >= 0.6 is 0 Å². The van der Waals surface area contributed by atoms with Gasteiger partial charge in [0.1, 0.15) is 12.2 Å². The Morgan fingerprint density at radius 1 is 0.574 bits per heavy atom. The lowest BCUT2D eigenvalue weighted by Gasteiger charge is -2.51. The molecular weight excluding hydrogens is 582 g/mol. The molecule has 4 aromatic rings. The van der Waals surface area contributed by atoms with Crippen LogP contribution in [0.15, 0.2) is 121 Å². The van der Waals surface area contributed by atoms with Crippen molar-refractivity contribution in [1.29, 1.82) is 0 Å². The van der Waals surface area contributed by atoms with Gasteiger partial charge >= 0.3 is 0 Å². The molecule has 250 valence electrons. The molecule has 1 aliphatic heterocycles. The Morgan fingerprint density at radius 3 is 1.53 bits per heavy atom. The summed E-state index contributed by atoms with van der Waals surface area (Å²) in [7, 11) is 0. The fraction of sp³-hybridized carbons (Fsp3) is 0.429. The van der Waals surface area contributed by atoms with Crippen LogP contribution in [0.2, 0.25) is 0 Å². The lowest BCUT2D eigenvalue weighted by molar-refractivity contribution is -0.216. The Labute approximate surface area is 282 Å². The first-order valence-corrected chi connectivity index (χ1v) is 17.6. The summed E-state index contributed by atoms with van der Waals surface area (Å²) in [4.78, 5) is 2.65. The Bertz CT molecular complexity index is 1370. The van der Waals surface area contributed by atoms with Crippen molar-refractivity contribution in [2.75, 3.05) is 13.2 Å². The van der Waals surface area contributed by atoms with Crippen LogP contribution in [0.4, 0.5) is 0 Å². The lowest BCUT2D eigenvalue weighted by Crippen LogP contribution is -2.66. The zero-order chi connectivity index (χ0) is 32.5. The summed E-state index contributed by atoms with van der Waals surface area (Å²) < 4.78 is 27.3. The van der Waals surface area contributed by atoms with E-state index in [9.17, 15) is 0 Å². The van der Waals surface area contributed by atoms with Crippen molar-refractivity contribution < 1.29 is 18.9 Å². The SMILES string of the molecule is CCCCCC(CC)N1C[C@H](OCc2ccccc2)[C@@H](OCc2ccccc2)[C@H](OCc2ccccc2)[C@@H]1COCc1ccccc1. The predicted molar refractivity (Wildman–Crippen MR) is 190 cm³/mol. The Balaban J connectivity index is 1.47. The van der Waals surface area contributed by atoms with E-state index in [1.807, 2.05) is 24.3 Å². The molecule has 1 heterocycles. The second-order valence-corrected chi connectivity index (χ2v) is 12.7. The van der Waals surface area contributed by atoms with Gasteiger partial charge in [0.15, 0.2) is 0 Å². The number of benzene rings is 4. The molecule has 4 aromatic carbocycles. The summed E-state index contributed by atoms with van der Waals surface area (Å²) in [6.45, 7) is 7.99. The van der Waals surface area contributed by atoms with Crippen LogP contribution in [0.3, 0.4) is 0 Å². The van der Waals surface area contributed by atoms with Crippen LogP contribution in [0.1, 0.15) is 68.2 Å². The predicted octanol–water partition coefficient (Wildman–Crippen LogP) is 9.00. The normalized spacial score (nSPS) is 20.6. The van der Waals surface area contributed by atoms with E-state index in [1.165, 1.54) is 24.8 Å². The second-order valence-electron chi connectivity index (χ2n) is 12.7. The molecule has 0 N–H and O–H groups in total. The highest BCUT2D eigenvalue weighted by Gasteiger charge is 2.47. The van der Waals surface area contributed by atoms with Crippen LogP contribution in [-0.4, -0.2) is 48.4 Å². The summed E-state index contributed by atoms with van der Waals surface area (Å²) in [6.07, 6.45) is 5.15. The molecule has 5 heteroatoms. The number of piperidine rings is 1. The van der Waals surface area contributed by atoms with Gasteiger partial charge in [0, 0.05) is 12.6 Å². The molecule has 5 rings (SSSR count). The third-order valence-corrected chi connectivity index (χ3v) is 9.24. The maximum atomic E-state index is 6.99. The van der Waals surface area contributed by atoms with E-state index in [4.69, 9.17) is 18.9 Å². The minimum atomic E-state index is -0.280.